The summed E-state index contributed by atoms with van der Waals surface area (Å²) in [4.78, 5) is 19.1. The molecule has 0 saturated heterocycles. The van der Waals surface area contributed by atoms with Gasteiger partial charge in [0.1, 0.15) is 35.3 Å². The van der Waals surface area contributed by atoms with Crippen LogP contribution in [0.2, 0.25) is 0 Å². The summed E-state index contributed by atoms with van der Waals surface area (Å²) in [7, 11) is -0.300. The number of rotatable bonds is 14. The summed E-state index contributed by atoms with van der Waals surface area (Å²) in [5, 5.41) is 14.3. The van der Waals surface area contributed by atoms with Gasteiger partial charge in [-0.3, -0.25) is 19.2 Å². The highest BCUT2D eigenvalue weighted by atomic mass is 32.2. The number of phenols is 1. The Kier molecular flexibility index (Phi) is 10.6. The van der Waals surface area contributed by atoms with Gasteiger partial charge < -0.3 is 28.9 Å². The molecule has 0 aliphatic carbocycles. The van der Waals surface area contributed by atoms with Crippen LogP contribution in [0.1, 0.15) is 48.6 Å². The largest absolute Gasteiger partial charge is 0.505 e. The number of nitrogens with zero attached hydrogens (tertiary/aromatic N) is 2. The number of fused-ring (bicyclic) bond motifs is 2. The fourth-order valence-electron chi connectivity index (χ4n) is 4.93. The highest BCUT2D eigenvalue weighted by molar-refractivity contribution is 7.99. The van der Waals surface area contributed by atoms with Gasteiger partial charge in [0.05, 0.1) is 25.7 Å². The molecule has 1 amide bonds. The van der Waals surface area contributed by atoms with Gasteiger partial charge in [0.2, 0.25) is 5.91 Å². The van der Waals surface area contributed by atoms with Crippen molar-refractivity contribution in [2.45, 2.75) is 38.4 Å². The van der Waals surface area contributed by atoms with Gasteiger partial charge in [-0.05, 0) is 43.7 Å². The third-order valence-electron chi connectivity index (χ3n) is 6.59. The van der Waals surface area contributed by atoms with E-state index in [0.717, 1.165) is 11.1 Å². The Labute approximate surface area is 243 Å². The first-order chi connectivity index (χ1) is 19.8. The molecule has 4 rings (SSSR count). The van der Waals surface area contributed by atoms with E-state index in [1.165, 1.54) is 23.9 Å². The summed E-state index contributed by atoms with van der Waals surface area (Å²) in [6, 6.07) is 9.79. The number of carbonyl (C=O) groups excluding carboxylic acids is 1. The summed E-state index contributed by atoms with van der Waals surface area (Å²) in [5.41, 5.74) is 2.49. The van der Waals surface area contributed by atoms with Crippen molar-refractivity contribution in [2.75, 3.05) is 39.5 Å². The van der Waals surface area contributed by atoms with Crippen molar-refractivity contribution in [1.82, 2.24) is 15.2 Å². The predicted octanol–water partition coefficient (Wildman–Crippen LogP) is 5.71. The molecule has 2 heterocycles. The molecule has 0 bridgehead atoms. The fraction of sp³-hybridized carbons (Fsp3) is 0.429. The van der Waals surface area contributed by atoms with Gasteiger partial charge in [-0.25, -0.2) is 4.39 Å². The molecule has 13 heteroatoms. The molecule has 1 aliphatic rings. The van der Waals surface area contributed by atoms with Crippen LogP contribution in [0.25, 0.3) is 10.9 Å². The zero-order valence-electron chi connectivity index (χ0n) is 23.5. The number of carbonyl (C=O) groups is 1. The van der Waals surface area contributed by atoms with Crippen LogP contribution in [0, 0.1) is 5.82 Å². The molecule has 2 aromatic carbocycles. The van der Waals surface area contributed by atoms with E-state index < -0.39 is 19.2 Å². The Hall–Kier alpha value is -2.73. The van der Waals surface area contributed by atoms with Gasteiger partial charge in [-0.15, -0.1) is 11.8 Å². The molecule has 1 aromatic heterocycles. The first kappa shape index (κ1) is 31.2. The van der Waals surface area contributed by atoms with E-state index in [1.807, 2.05) is 11.0 Å². The van der Waals surface area contributed by atoms with Crippen molar-refractivity contribution in [3.05, 3.63) is 65.1 Å². The Morgan fingerprint density at radius 2 is 1.85 bits per heavy atom. The average molecular weight is 608 g/mol. The van der Waals surface area contributed by atoms with Gasteiger partial charge in [0.15, 0.2) is 0 Å². The smallest absolute Gasteiger partial charge is 0.349 e. The van der Waals surface area contributed by atoms with E-state index in [1.54, 1.807) is 52.5 Å². The summed E-state index contributed by atoms with van der Waals surface area (Å²) in [5.74, 6) is 0.293. The molecule has 10 nitrogen and oxygen atoms in total. The lowest BCUT2D eigenvalue weighted by Crippen LogP contribution is -2.27. The van der Waals surface area contributed by atoms with E-state index in [-0.39, 0.29) is 43.4 Å². The third-order valence-corrected chi connectivity index (χ3v) is 9.71. The first-order valence-electron chi connectivity index (χ1n) is 13.2. The molecule has 0 radical (unpaired) electrons. The summed E-state index contributed by atoms with van der Waals surface area (Å²) < 4.78 is 48.6. The lowest BCUT2D eigenvalue weighted by Gasteiger charge is -2.29. The summed E-state index contributed by atoms with van der Waals surface area (Å²) in [6.07, 6.45) is 0.847. The van der Waals surface area contributed by atoms with Gasteiger partial charge in [0, 0.05) is 48.5 Å². The Balaban J connectivity index is 1.62. The normalized spacial score (nSPS) is 17.1. The van der Waals surface area contributed by atoms with E-state index in [9.17, 15) is 18.9 Å². The minimum absolute atomic E-state index is 0.00389. The van der Waals surface area contributed by atoms with Crippen LogP contribution in [-0.4, -0.2) is 60.4 Å². The molecular formula is C28H35FN3O7PS. The second kappa shape index (κ2) is 14.0. The lowest BCUT2D eigenvalue weighted by atomic mass is 10.0. The van der Waals surface area contributed by atoms with Gasteiger partial charge >= 0.3 is 7.60 Å². The molecule has 0 spiro atoms. The second-order valence-corrected chi connectivity index (χ2v) is 12.4. The molecule has 41 heavy (non-hydrogen) atoms. The highest BCUT2D eigenvalue weighted by Crippen LogP contribution is 2.57. The number of aromatic nitrogens is 1. The molecular weight excluding hydrogens is 572 g/mol. The van der Waals surface area contributed by atoms with Crippen molar-refractivity contribution in [2.24, 2.45) is 0 Å². The maximum Gasteiger partial charge on any atom is 0.349 e. The van der Waals surface area contributed by atoms with E-state index in [4.69, 9.17) is 18.5 Å². The van der Waals surface area contributed by atoms with Crippen LogP contribution in [0.3, 0.4) is 0 Å². The van der Waals surface area contributed by atoms with Crippen LogP contribution in [0.4, 0.5) is 4.39 Å². The van der Waals surface area contributed by atoms with Crippen LogP contribution >= 0.6 is 19.4 Å². The average Bonchev–Trinajstić information content (AvgIpc) is 3.26. The lowest BCUT2D eigenvalue weighted by molar-refractivity contribution is -0.120. The monoisotopic (exact) mass is 607 g/mol. The Morgan fingerprint density at radius 3 is 2.49 bits per heavy atom. The van der Waals surface area contributed by atoms with Crippen molar-refractivity contribution in [3.63, 3.8) is 0 Å². The van der Waals surface area contributed by atoms with Crippen LogP contribution in [-0.2, 0) is 29.7 Å². The predicted molar refractivity (Wildman–Crippen MR) is 155 cm³/mol. The number of benzene rings is 2. The van der Waals surface area contributed by atoms with Crippen molar-refractivity contribution in [1.29, 1.82) is 0 Å². The van der Waals surface area contributed by atoms with Crippen LogP contribution < -0.4 is 10.1 Å². The number of hydrogen-bond acceptors (Lipinski definition) is 10. The molecule has 3 aromatic rings. The van der Waals surface area contributed by atoms with Gasteiger partial charge in [-0.2, -0.15) is 0 Å². The molecule has 2 N–H and O–H groups in total. The van der Waals surface area contributed by atoms with Crippen molar-refractivity contribution in [3.8, 4) is 11.5 Å². The van der Waals surface area contributed by atoms with Crippen LogP contribution in [0.15, 0.2) is 42.6 Å². The number of pyridine rings is 1. The zero-order valence-corrected chi connectivity index (χ0v) is 25.2. The minimum atomic E-state index is -3.41. The molecule has 0 fully saturated rings. The highest BCUT2D eigenvalue weighted by Gasteiger charge is 2.44. The number of thioether (sulfide) groups is 1. The molecule has 222 valence electrons. The quantitative estimate of drug-likeness (QED) is 0.221. The van der Waals surface area contributed by atoms with E-state index in [0.29, 0.717) is 34.5 Å². The van der Waals surface area contributed by atoms with Gasteiger partial charge in [0.25, 0.3) is 0 Å². The van der Waals surface area contributed by atoms with Crippen molar-refractivity contribution < 1.29 is 37.4 Å². The number of ether oxygens (including phenoxy) is 2. The molecule has 0 saturated carbocycles. The van der Waals surface area contributed by atoms with Gasteiger partial charge in [-0.1, -0.05) is 12.1 Å². The minimum Gasteiger partial charge on any atom is -0.505 e. The number of methoxy groups -OCH3 is 2. The Morgan fingerprint density at radius 1 is 1.15 bits per heavy atom. The maximum atomic E-state index is 13.6. The number of aromatic hydroxyl groups is 1. The van der Waals surface area contributed by atoms with E-state index >= 15 is 0 Å². The number of phenolic OH excluding ortho intramolecular Hbond substituents is 1. The Bertz CT molecular complexity index is 1400. The standard InChI is InChI=1S/C28H35FN3O7PS/c1-5-38-40(35,39-6-2)17-31-21(33)13-15-41-28-23-22(25(34)24-20(26(23)36-3)8-7-14-30-24)27(37-4)32(28)16-18-9-11-19(29)12-10-18/h7-12,14,27-28,34H,5-6,13,15-17H2,1-4H3,(H,31,33). The van der Waals surface area contributed by atoms with Crippen LogP contribution in [0.5, 0.6) is 11.5 Å². The number of hydrogen-bond donors (Lipinski definition) is 2. The number of amides is 1. The summed E-state index contributed by atoms with van der Waals surface area (Å²) >= 11 is 1.47. The fourth-order valence-corrected chi connectivity index (χ4v) is 7.64. The molecule has 2 unspecified atom stereocenters. The maximum absolute atomic E-state index is 13.6. The molecule has 2 atom stereocenters. The first-order valence-corrected chi connectivity index (χ1v) is 16.0. The summed E-state index contributed by atoms with van der Waals surface area (Å²) in [6.45, 7) is 4.19. The topological polar surface area (TPSA) is 119 Å². The second-order valence-electron chi connectivity index (χ2n) is 9.17. The van der Waals surface area contributed by atoms with Crippen molar-refractivity contribution >= 4 is 36.2 Å². The SMILES string of the molecule is CCOP(=O)(CNC(=O)CCSC1c2c(c(O)c3ncccc3c2OC)C(OC)N1Cc1ccc(F)cc1)OCC. The number of nitrogens with one attached hydrogen (secondary N) is 1. The molecule has 1 aliphatic heterocycles. The number of halogens is 1. The third kappa shape index (κ3) is 6.85. The van der Waals surface area contributed by atoms with E-state index in [2.05, 4.69) is 10.3 Å². The zero-order chi connectivity index (χ0) is 29.6.